The fourth-order valence-electron chi connectivity index (χ4n) is 4.36. The van der Waals surface area contributed by atoms with Crippen LogP contribution in [-0.4, -0.2) is 41.9 Å². The summed E-state index contributed by atoms with van der Waals surface area (Å²) in [4.78, 5) is 15.4. The first kappa shape index (κ1) is 16.2. The molecule has 3 aromatic rings. The number of aromatic nitrogens is 5. The van der Waals surface area contributed by atoms with Gasteiger partial charge in [-0.15, -0.1) is 10.2 Å². The maximum absolute atomic E-state index is 13.4. The predicted octanol–water partition coefficient (Wildman–Crippen LogP) is 1.98. The number of rotatable bonds is 2. The SMILES string of the molecule is Cc1nnc2n1C[C@@H](C(=O)N1Cc3ccccc3[C@H](n3cccn3)C1)CC2. The van der Waals surface area contributed by atoms with Gasteiger partial charge < -0.3 is 9.47 Å². The fourth-order valence-corrected chi connectivity index (χ4v) is 4.36. The number of amides is 1. The third kappa shape index (κ3) is 2.74. The molecule has 0 fully saturated rings. The van der Waals surface area contributed by atoms with E-state index in [1.54, 1.807) is 6.20 Å². The highest BCUT2D eigenvalue weighted by molar-refractivity contribution is 5.79. The van der Waals surface area contributed by atoms with E-state index >= 15 is 0 Å². The maximum atomic E-state index is 13.4. The van der Waals surface area contributed by atoms with E-state index in [1.807, 2.05) is 34.8 Å². The van der Waals surface area contributed by atoms with Crippen molar-refractivity contribution in [2.24, 2.45) is 5.92 Å². The van der Waals surface area contributed by atoms with Gasteiger partial charge in [-0.1, -0.05) is 24.3 Å². The smallest absolute Gasteiger partial charge is 0.227 e. The van der Waals surface area contributed by atoms with E-state index < -0.39 is 0 Å². The summed E-state index contributed by atoms with van der Waals surface area (Å²) in [5.74, 6) is 2.09. The van der Waals surface area contributed by atoms with Gasteiger partial charge >= 0.3 is 0 Å². The first-order valence-corrected chi connectivity index (χ1v) is 9.45. The summed E-state index contributed by atoms with van der Waals surface area (Å²) in [5, 5.41) is 12.8. The van der Waals surface area contributed by atoms with Crippen LogP contribution in [0.4, 0.5) is 0 Å². The quantitative estimate of drug-likeness (QED) is 0.699. The number of carbonyl (C=O) groups excluding carboxylic acids is 1. The van der Waals surface area contributed by atoms with E-state index in [9.17, 15) is 4.79 Å². The monoisotopic (exact) mass is 362 g/mol. The fraction of sp³-hybridized carbons (Fsp3) is 0.400. The van der Waals surface area contributed by atoms with Crippen molar-refractivity contribution >= 4 is 5.91 Å². The molecule has 4 heterocycles. The van der Waals surface area contributed by atoms with Gasteiger partial charge in [0.1, 0.15) is 11.6 Å². The molecule has 0 aliphatic carbocycles. The molecule has 5 rings (SSSR count). The van der Waals surface area contributed by atoms with Gasteiger partial charge in [0, 0.05) is 38.4 Å². The third-order valence-corrected chi connectivity index (χ3v) is 5.81. The van der Waals surface area contributed by atoms with Gasteiger partial charge in [-0.3, -0.25) is 9.48 Å². The van der Waals surface area contributed by atoms with Crippen molar-refractivity contribution in [1.82, 2.24) is 29.4 Å². The summed E-state index contributed by atoms with van der Waals surface area (Å²) >= 11 is 0. The van der Waals surface area contributed by atoms with Gasteiger partial charge in [-0.2, -0.15) is 5.10 Å². The van der Waals surface area contributed by atoms with Crippen LogP contribution >= 0.6 is 0 Å². The van der Waals surface area contributed by atoms with E-state index in [0.29, 0.717) is 19.6 Å². The van der Waals surface area contributed by atoms with Crippen molar-refractivity contribution in [1.29, 1.82) is 0 Å². The molecule has 1 aromatic carbocycles. The van der Waals surface area contributed by atoms with Gasteiger partial charge in [-0.25, -0.2) is 0 Å². The van der Waals surface area contributed by atoms with E-state index in [2.05, 4.69) is 38.1 Å². The van der Waals surface area contributed by atoms with Crippen LogP contribution in [0.25, 0.3) is 0 Å². The van der Waals surface area contributed by atoms with Crippen LogP contribution in [0.2, 0.25) is 0 Å². The minimum absolute atomic E-state index is 0.0178. The molecule has 7 heteroatoms. The van der Waals surface area contributed by atoms with E-state index in [4.69, 9.17) is 0 Å². The first-order valence-electron chi connectivity index (χ1n) is 9.45. The Morgan fingerprint density at radius 1 is 1.15 bits per heavy atom. The second-order valence-electron chi connectivity index (χ2n) is 7.43. The van der Waals surface area contributed by atoms with Crippen LogP contribution in [-0.2, 0) is 24.3 Å². The average Bonchev–Trinajstić information content (AvgIpc) is 3.37. The number of fused-ring (bicyclic) bond motifs is 2. The Bertz CT molecular complexity index is 976. The molecular formula is C20H22N6O. The molecule has 0 N–H and O–H groups in total. The van der Waals surface area contributed by atoms with Gasteiger partial charge in [-0.05, 0) is 30.5 Å². The summed E-state index contributed by atoms with van der Waals surface area (Å²) in [6.07, 6.45) is 5.41. The average molecular weight is 362 g/mol. The second-order valence-corrected chi connectivity index (χ2v) is 7.43. The Balaban J connectivity index is 1.43. The summed E-state index contributed by atoms with van der Waals surface area (Å²) in [6.45, 7) is 3.95. The first-order chi connectivity index (χ1) is 13.2. The van der Waals surface area contributed by atoms with Crippen molar-refractivity contribution in [3.8, 4) is 0 Å². The highest BCUT2D eigenvalue weighted by Crippen LogP contribution is 2.31. The largest absolute Gasteiger partial charge is 0.336 e. The summed E-state index contributed by atoms with van der Waals surface area (Å²) in [7, 11) is 0. The van der Waals surface area contributed by atoms with Gasteiger partial charge in [0.05, 0.1) is 12.0 Å². The Morgan fingerprint density at radius 2 is 2.04 bits per heavy atom. The maximum Gasteiger partial charge on any atom is 0.227 e. The molecule has 1 amide bonds. The molecule has 0 bridgehead atoms. The van der Waals surface area contributed by atoms with Crippen LogP contribution in [0.15, 0.2) is 42.7 Å². The molecule has 0 saturated carbocycles. The van der Waals surface area contributed by atoms with Crippen LogP contribution in [0.3, 0.4) is 0 Å². The van der Waals surface area contributed by atoms with Crippen LogP contribution in [0.5, 0.6) is 0 Å². The highest BCUT2D eigenvalue weighted by Gasteiger charge is 2.34. The summed E-state index contributed by atoms with van der Waals surface area (Å²) in [6, 6.07) is 10.4. The lowest BCUT2D eigenvalue weighted by Gasteiger charge is -2.37. The minimum Gasteiger partial charge on any atom is -0.336 e. The lowest BCUT2D eigenvalue weighted by atomic mass is 9.92. The van der Waals surface area contributed by atoms with Gasteiger partial charge in [0.2, 0.25) is 5.91 Å². The number of hydrogen-bond acceptors (Lipinski definition) is 4. The highest BCUT2D eigenvalue weighted by atomic mass is 16.2. The molecule has 2 aromatic heterocycles. The molecule has 0 saturated heterocycles. The van der Waals surface area contributed by atoms with Crippen LogP contribution < -0.4 is 0 Å². The van der Waals surface area contributed by atoms with Crippen molar-refractivity contribution in [2.75, 3.05) is 6.54 Å². The molecule has 2 atom stereocenters. The number of aryl methyl sites for hydroxylation is 2. The van der Waals surface area contributed by atoms with E-state index in [1.165, 1.54) is 11.1 Å². The molecule has 0 unspecified atom stereocenters. The number of carbonyl (C=O) groups is 1. The lowest BCUT2D eigenvalue weighted by molar-refractivity contribution is -0.138. The van der Waals surface area contributed by atoms with Crippen molar-refractivity contribution < 1.29 is 4.79 Å². The normalized spacial score (nSPS) is 21.6. The topological polar surface area (TPSA) is 68.8 Å². The Hall–Kier alpha value is -2.96. The third-order valence-electron chi connectivity index (χ3n) is 5.81. The molecule has 138 valence electrons. The van der Waals surface area contributed by atoms with Crippen LogP contribution in [0, 0.1) is 12.8 Å². The number of nitrogens with zero attached hydrogens (tertiary/aromatic N) is 6. The van der Waals surface area contributed by atoms with Crippen molar-refractivity contribution in [2.45, 2.75) is 38.9 Å². The predicted molar refractivity (Wildman–Crippen MR) is 98.8 cm³/mol. The van der Waals surface area contributed by atoms with Crippen molar-refractivity contribution in [3.63, 3.8) is 0 Å². The zero-order valence-electron chi connectivity index (χ0n) is 15.3. The standard InChI is InChI=1S/C20H22N6O/c1-14-22-23-19-8-7-16(12-25(14)19)20(27)24-11-15-5-2-3-6-17(15)18(13-24)26-10-4-9-21-26/h2-6,9-10,16,18H,7-8,11-13H2,1H3/t16-,18+/m0/s1. The van der Waals surface area contributed by atoms with Gasteiger partial charge in [0.15, 0.2) is 0 Å². The number of benzene rings is 1. The van der Waals surface area contributed by atoms with Gasteiger partial charge in [0.25, 0.3) is 0 Å². The number of hydrogen-bond donors (Lipinski definition) is 0. The molecule has 27 heavy (non-hydrogen) atoms. The Morgan fingerprint density at radius 3 is 2.89 bits per heavy atom. The molecular weight excluding hydrogens is 340 g/mol. The molecule has 7 nitrogen and oxygen atoms in total. The van der Waals surface area contributed by atoms with E-state index in [-0.39, 0.29) is 17.9 Å². The summed E-state index contributed by atoms with van der Waals surface area (Å²) in [5.41, 5.74) is 2.46. The lowest BCUT2D eigenvalue weighted by Crippen LogP contribution is -2.45. The van der Waals surface area contributed by atoms with Crippen molar-refractivity contribution in [3.05, 3.63) is 65.5 Å². The second kappa shape index (κ2) is 6.33. The Kier molecular flexibility index (Phi) is 3.81. The zero-order valence-corrected chi connectivity index (χ0v) is 15.3. The van der Waals surface area contributed by atoms with E-state index in [0.717, 1.165) is 24.5 Å². The minimum atomic E-state index is -0.0178. The Labute approximate surface area is 157 Å². The molecule has 0 spiro atoms. The summed E-state index contributed by atoms with van der Waals surface area (Å²) < 4.78 is 4.05. The zero-order chi connectivity index (χ0) is 18.4. The molecule has 0 radical (unpaired) electrons. The van der Waals surface area contributed by atoms with Crippen LogP contribution in [0.1, 0.15) is 35.2 Å². The molecule has 2 aliphatic rings. The molecule has 2 aliphatic heterocycles.